The molecule has 39 heavy (non-hydrogen) atoms. The van der Waals surface area contributed by atoms with Crippen molar-refractivity contribution < 1.29 is 73.2 Å². The van der Waals surface area contributed by atoms with Crippen molar-refractivity contribution >= 4 is 24.0 Å². The maximum Gasteiger partial charge on any atom is 0.460 e. The molecule has 0 spiro atoms. The van der Waals surface area contributed by atoms with E-state index in [1.807, 2.05) is 6.92 Å². The first kappa shape index (κ1) is 35.6. The third-order valence-corrected chi connectivity index (χ3v) is 7.97. The Kier molecular flexibility index (Phi) is 12.7. The number of halogens is 9. The summed E-state index contributed by atoms with van der Waals surface area (Å²) in [5, 5.41) is 12.3. The van der Waals surface area contributed by atoms with Crippen LogP contribution in [0.5, 0.6) is 0 Å². The predicted octanol–water partition coefficient (Wildman–Crippen LogP) is 7.29. The third kappa shape index (κ3) is 7.64. The Hall–Kier alpha value is -1.46. The van der Waals surface area contributed by atoms with Crippen molar-refractivity contribution in [2.24, 2.45) is 5.41 Å². The Bertz CT molecular complexity index is 813. The summed E-state index contributed by atoms with van der Waals surface area (Å²) in [7, 11) is 0. The molecule has 2 unspecified atom stereocenters. The first-order chi connectivity index (χ1) is 17.9. The van der Waals surface area contributed by atoms with E-state index in [0.717, 1.165) is 6.42 Å². The molecule has 2 atom stereocenters. The zero-order valence-electron chi connectivity index (χ0n) is 21.2. The molecule has 0 aromatic rings. The van der Waals surface area contributed by atoms with Crippen LogP contribution in [0, 0.1) is 5.41 Å². The molecule has 7 nitrogen and oxygen atoms in total. The van der Waals surface area contributed by atoms with Gasteiger partial charge in [0.25, 0.3) is 0 Å². The van der Waals surface area contributed by atoms with E-state index >= 15 is 0 Å². The van der Waals surface area contributed by atoms with Gasteiger partial charge >= 0.3 is 35.9 Å². The molecule has 0 aromatic carbocycles. The lowest BCUT2D eigenvalue weighted by Gasteiger charge is -2.48. The number of unbranched alkanes of at least 4 members (excludes halogenated alkanes) is 4. The molecular weight excluding hydrogens is 579 g/mol. The van der Waals surface area contributed by atoms with Crippen molar-refractivity contribution in [1.82, 2.24) is 0 Å². The van der Waals surface area contributed by atoms with Crippen molar-refractivity contribution in [1.29, 1.82) is 0 Å². The Morgan fingerprint density at radius 3 is 2.13 bits per heavy atom. The molecule has 0 aromatic heterocycles. The Balaban J connectivity index is 2.76. The number of cyclic esters (lactones) is 1. The highest BCUT2D eigenvalue weighted by Crippen LogP contribution is 2.55. The highest BCUT2D eigenvalue weighted by atomic mass is 32.2. The molecule has 1 aliphatic heterocycles. The molecule has 0 radical (unpaired) electrons. The second-order valence-corrected chi connectivity index (χ2v) is 10.3. The molecule has 1 N–H and O–H groups in total. The van der Waals surface area contributed by atoms with Gasteiger partial charge in [0, 0.05) is 11.8 Å². The summed E-state index contributed by atoms with van der Waals surface area (Å²) in [6.45, 7) is 3.17. The Labute approximate surface area is 223 Å². The van der Waals surface area contributed by atoms with Gasteiger partial charge in [-0.15, -0.1) is 4.33 Å². The minimum Gasteiger partial charge on any atom is -0.465 e. The second kappa shape index (κ2) is 13.9. The van der Waals surface area contributed by atoms with Crippen molar-refractivity contribution in [2.45, 2.75) is 107 Å². The van der Waals surface area contributed by atoms with Gasteiger partial charge in [0.1, 0.15) is 0 Å². The number of hydrogen-bond acceptors (Lipinski definition) is 8. The van der Waals surface area contributed by atoms with E-state index in [9.17, 15) is 49.1 Å². The lowest BCUT2D eigenvalue weighted by atomic mass is 9.67. The molecule has 0 amide bonds. The molecule has 1 aliphatic rings. The summed E-state index contributed by atoms with van der Waals surface area (Å²) in [6, 6.07) is 0. The fourth-order valence-electron chi connectivity index (χ4n) is 4.29. The summed E-state index contributed by atoms with van der Waals surface area (Å²) >= 11 is 0.376. The monoisotopic (exact) mass is 610 g/mol. The number of carbonyl (C=O) groups is 2. The average Bonchev–Trinajstić information content (AvgIpc) is 2.85. The quantitative estimate of drug-likeness (QED) is 0.0459. The molecule has 0 aliphatic carbocycles. The van der Waals surface area contributed by atoms with E-state index in [0.29, 0.717) is 31.3 Å². The minimum atomic E-state index is -6.92. The molecule has 0 saturated carbocycles. The molecular formula is C22H31F9O7S. The number of hydrogen-bond donors (Lipinski definition) is 1. The lowest BCUT2D eigenvalue weighted by molar-refractivity contribution is -0.432. The summed E-state index contributed by atoms with van der Waals surface area (Å²) < 4.78 is 130. The molecule has 1 saturated heterocycles. The summed E-state index contributed by atoms with van der Waals surface area (Å²) in [5.74, 6) is -20.9. The SMILES string of the molecule is CCCCC1(CC)COC(=O)CC1(SOOO)C(=O)OCCCCCCC(F)(F)C(F)(F)C(F)(F)C(F)(F)F. The first-order valence-corrected chi connectivity index (χ1v) is 12.8. The minimum absolute atomic E-state index is 0.0109. The van der Waals surface area contributed by atoms with E-state index in [1.165, 1.54) is 0 Å². The van der Waals surface area contributed by atoms with Crippen LogP contribution in [-0.4, -0.2) is 59.1 Å². The zero-order chi connectivity index (χ0) is 30.2. The second-order valence-electron chi connectivity index (χ2n) is 9.28. The van der Waals surface area contributed by atoms with Gasteiger partial charge in [-0.25, -0.2) is 5.26 Å². The molecule has 17 heteroatoms. The van der Waals surface area contributed by atoms with Gasteiger partial charge < -0.3 is 9.47 Å². The third-order valence-electron chi connectivity index (χ3n) is 6.81. The highest BCUT2D eigenvalue weighted by Gasteiger charge is 2.81. The topological polar surface area (TPSA) is 91.3 Å². The van der Waals surface area contributed by atoms with Crippen LogP contribution < -0.4 is 0 Å². The normalized spacial score (nSPS) is 23.0. The van der Waals surface area contributed by atoms with E-state index in [1.54, 1.807) is 6.92 Å². The van der Waals surface area contributed by atoms with Gasteiger partial charge in [0.2, 0.25) is 0 Å². The fraction of sp³-hybridized carbons (Fsp3) is 0.909. The van der Waals surface area contributed by atoms with E-state index < -0.39 is 65.3 Å². The van der Waals surface area contributed by atoms with Gasteiger partial charge in [-0.3, -0.25) is 9.59 Å². The van der Waals surface area contributed by atoms with Crippen LogP contribution in [-0.2, 0) is 28.4 Å². The van der Waals surface area contributed by atoms with Crippen molar-refractivity contribution in [3.8, 4) is 0 Å². The van der Waals surface area contributed by atoms with Crippen LogP contribution in [0.3, 0.4) is 0 Å². The van der Waals surface area contributed by atoms with Crippen LogP contribution >= 0.6 is 12.0 Å². The summed E-state index contributed by atoms with van der Waals surface area (Å²) in [6.07, 6.45) is -8.28. The molecule has 1 heterocycles. The lowest BCUT2D eigenvalue weighted by Crippen LogP contribution is -2.60. The van der Waals surface area contributed by atoms with Crippen molar-refractivity contribution in [2.75, 3.05) is 13.2 Å². The molecule has 1 fully saturated rings. The fourth-order valence-corrected chi connectivity index (χ4v) is 5.23. The highest BCUT2D eigenvalue weighted by molar-refractivity contribution is 7.96. The van der Waals surface area contributed by atoms with Crippen LogP contribution in [0.25, 0.3) is 0 Å². The molecule has 230 valence electrons. The van der Waals surface area contributed by atoms with E-state index in [4.69, 9.17) is 14.7 Å². The number of carbonyl (C=O) groups excluding carboxylic acids is 2. The molecule has 1 rings (SSSR count). The standard InChI is InChI=1S/C22H31F9O7S/c1-3-5-10-17(4-2)14-36-15(32)13-18(17,39-38-37-34)16(33)35-12-9-7-6-8-11-19(23,24)20(25,26)21(27,28)22(29,30)31/h34H,3-14H2,1-2H3. The van der Waals surface area contributed by atoms with E-state index in [-0.39, 0.29) is 32.5 Å². The van der Waals surface area contributed by atoms with Gasteiger partial charge in [0.05, 0.1) is 31.7 Å². The Morgan fingerprint density at radius 2 is 1.59 bits per heavy atom. The van der Waals surface area contributed by atoms with Crippen LogP contribution in [0.15, 0.2) is 0 Å². The number of esters is 2. The molecule has 0 bridgehead atoms. The van der Waals surface area contributed by atoms with Gasteiger partial charge in [-0.2, -0.15) is 39.5 Å². The van der Waals surface area contributed by atoms with Crippen LogP contribution in [0.1, 0.15) is 78.1 Å². The smallest absolute Gasteiger partial charge is 0.460 e. The average molecular weight is 611 g/mol. The van der Waals surface area contributed by atoms with Crippen molar-refractivity contribution in [3.63, 3.8) is 0 Å². The van der Waals surface area contributed by atoms with Gasteiger partial charge in [-0.1, -0.05) is 44.6 Å². The maximum atomic E-state index is 13.6. The summed E-state index contributed by atoms with van der Waals surface area (Å²) in [4.78, 5) is 25.3. The maximum absolute atomic E-state index is 13.6. The largest absolute Gasteiger partial charge is 0.465 e. The predicted molar refractivity (Wildman–Crippen MR) is 118 cm³/mol. The Morgan fingerprint density at radius 1 is 0.974 bits per heavy atom. The number of rotatable bonds is 17. The summed E-state index contributed by atoms with van der Waals surface area (Å²) in [5.41, 5.74) is -0.966. The number of ether oxygens (including phenoxy) is 2. The zero-order valence-corrected chi connectivity index (χ0v) is 22.0. The number of alkyl halides is 9. The van der Waals surface area contributed by atoms with Crippen LogP contribution in [0.4, 0.5) is 39.5 Å². The first-order valence-electron chi connectivity index (χ1n) is 12.1. The van der Waals surface area contributed by atoms with Crippen molar-refractivity contribution in [3.05, 3.63) is 0 Å². The van der Waals surface area contributed by atoms with E-state index in [2.05, 4.69) is 9.37 Å². The van der Waals surface area contributed by atoms with Gasteiger partial charge in [0.15, 0.2) is 4.75 Å². The van der Waals surface area contributed by atoms with Gasteiger partial charge in [-0.05, 0) is 25.7 Å². The van der Waals surface area contributed by atoms with Crippen LogP contribution in [0.2, 0.25) is 0 Å².